The van der Waals surface area contributed by atoms with E-state index in [2.05, 4.69) is 10.6 Å². The third kappa shape index (κ3) is 4.77. The van der Waals surface area contributed by atoms with Crippen LogP contribution in [0.25, 0.3) is 0 Å². The molecule has 0 aliphatic heterocycles. The molecule has 0 saturated heterocycles. The molecule has 1 rings (SSSR count). The number of hydrogen-bond acceptors (Lipinski definition) is 3. The maximum atomic E-state index is 13.6. The Labute approximate surface area is 117 Å². The number of hydrogen-bond donors (Lipinski definition) is 2. The van der Waals surface area contributed by atoms with Crippen molar-refractivity contribution in [3.8, 4) is 0 Å². The molecule has 0 unspecified atom stereocenters. The lowest BCUT2D eigenvalue weighted by Crippen LogP contribution is -2.28. The molecule has 0 saturated carbocycles. The van der Waals surface area contributed by atoms with Gasteiger partial charge in [-0.2, -0.15) is 0 Å². The number of halogens is 2. The van der Waals surface area contributed by atoms with E-state index in [0.29, 0.717) is 13.2 Å². The summed E-state index contributed by atoms with van der Waals surface area (Å²) in [6.07, 6.45) is 0.0705. The topological polar surface area (TPSA) is 50.4 Å². The second-order valence-corrected chi connectivity index (χ2v) is 4.52. The van der Waals surface area contributed by atoms with Gasteiger partial charge in [-0.3, -0.25) is 4.79 Å². The summed E-state index contributed by atoms with van der Waals surface area (Å²) in [6.45, 7) is 6.53. The first-order chi connectivity index (χ1) is 9.45. The van der Waals surface area contributed by atoms with E-state index >= 15 is 0 Å². The Morgan fingerprint density at radius 3 is 2.40 bits per heavy atom. The van der Waals surface area contributed by atoms with Crippen molar-refractivity contribution in [2.75, 3.05) is 25.0 Å². The lowest BCUT2D eigenvalue weighted by Gasteiger charge is -2.10. The van der Waals surface area contributed by atoms with Crippen LogP contribution >= 0.6 is 0 Å². The van der Waals surface area contributed by atoms with Gasteiger partial charge < -0.3 is 15.4 Å². The van der Waals surface area contributed by atoms with Crippen molar-refractivity contribution in [1.29, 1.82) is 0 Å². The van der Waals surface area contributed by atoms with Gasteiger partial charge in [-0.05, 0) is 32.9 Å². The molecule has 0 aliphatic carbocycles. The second kappa shape index (κ2) is 7.79. The number of ether oxygens (including phenoxy) is 1. The third-order valence-corrected chi connectivity index (χ3v) is 2.50. The Morgan fingerprint density at radius 1 is 1.30 bits per heavy atom. The average Bonchev–Trinajstić information content (AvgIpc) is 2.38. The Balaban J connectivity index is 2.65. The number of carbonyl (C=O) groups excluding carboxylic acids is 1. The molecule has 6 heteroatoms. The second-order valence-electron chi connectivity index (χ2n) is 4.52. The summed E-state index contributed by atoms with van der Waals surface area (Å²) >= 11 is 0. The predicted molar refractivity (Wildman–Crippen MR) is 73.9 cm³/mol. The maximum absolute atomic E-state index is 13.6. The Bertz CT molecular complexity index is 441. The minimum atomic E-state index is -0.782. The van der Waals surface area contributed by atoms with E-state index in [4.69, 9.17) is 4.74 Å². The molecule has 1 aromatic rings. The van der Waals surface area contributed by atoms with Crippen LogP contribution < -0.4 is 10.6 Å². The van der Waals surface area contributed by atoms with Gasteiger partial charge in [0.05, 0.1) is 12.7 Å². The normalized spacial score (nSPS) is 10.7. The van der Waals surface area contributed by atoms with E-state index in [1.807, 2.05) is 13.8 Å². The number of nitrogens with one attached hydrogen (secondary N) is 2. The lowest BCUT2D eigenvalue weighted by atomic mass is 10.1. The van der Waals surface area contributed by atoms with Crippen molar-refractivity contribution in [2.45, 2.75) is 26.9 Å². The van der Waals surface area contributed by atoms with Crippen LogP contribution in [-0.2, 0) is 4.74 Å². The first-order valence-electron chi connectivity index (χ1n) is 6.58. The summed E-state index contributed by atoms with van der Waals surface area (Å²) in [4.78, 5) is 11.7. The number of amides is 1. The van der Waals surface area contributed by atoms with E-state index in [9.17, 15) is 13.6 Å². The zero-order chi connectivity index (χ0) is 15.1. The first kappa shape index (κ1) is 16.4. The SMILES string of the molecule is CCNc1c(F)cc(C(=O)NCCOC(C)C)cc1F. The summed E-state index contributed by atoms with van der Waals surface area (Å²) in [6, 6.07) is 2.03. The quantitative estimate of drug-likeness (QED) is 0.757. The lowest BCUT2D eigenvalue weighted by molar-refractivity contribution is 0.0746. The van der Waals surface area contributed by atoms with E-state index < -0.39 is 17.5 Å². The molecule has 112 valence electrons. The number of rotatable bonds is 7. The van der Waals surface area contributed by atoms with Crippen LogP contribution in [-0.4, -0.2) is 31.7 Å². The predicted octanol–water partition coefficient (Wildman–Crippen LogP) is 2.55. The number of anilines is 1. The Hall–Kier alpha value is -1.69. The van der Waals surface area contributed by atoms with Gasteiger partial charge in [0, 0.05) is 18.7 Å². The van der Waals surface area contributed by atoms with Crippen LogP contribution in [0.2, 0.25) is 0 Å². The summed E-state index contributed by atoms with van der Waals surface area (Å²) < 4.78 is 32.5. The molecule has 0 fully saturated rings. The Kier molecular flexibility index (Phi) is 6.38. The Morgan fingerprint density at radius 2 is 1.90 bits per heavy atom. The van der Waals surface area contributed by atoms with Crippen molar-refractivity contribution in [3.63, 3.8) is 0 Å². The van der Waals surface area contributed by atoms with Gasteiger partial charge in [0.1, 0.15) is 17.3 Å². The first-order valence-corrected chi connectivity index (χ1v) is 6.58. The fourth-order valence-corrected chi connectivity index (χ4v) is 1.61. The highest BCUT2D eigenvalue weighted by Crippen LogP contribution is 2.20. The fourth-order valence-electron chi connectivity index (χ4n) is 1.61. The van der Waals surface area contributed by atoms with E-state index in [-0.39, 0.29) is 23.9 Å². The molecule has 2 N–H and O–H groups in total. The minimum Gasteiger partial charge on any atom is -0.381 e. The van der Waals surface area contributed by atoms with Crippen LogP contribution in [0.5, 0.6) is 0 Å². The van der Waals surface area contributed by atoms with Gasteiger partial charge in [0.2, 0.25) is 0 Å². The van der Waals surface area contributed by atoms with Crippen LogP contribution in [0, 0.1) is 11.6 Å². The monoisotopic (exact) mass is 286 g/mol. The van der Waals surface area contributed by atoms with Crippen molar-refractivity contribution < 1.29 is 18.3 Å². The van der Waals surface area contributed by atoms with Gasteiger partial charge in [0.15, 0.2) is 0 Å². The van der Waals surface area contributed by atoms with Crippen molar-refractivity contribution >= 4 is 11.6 Å². The van der Waals surface area contributed by atoms with Gasteiger partial charge in [0.25, 0.3) is 5.91 Å². The van der Waals surface area contributed by atoms with Gasteiger partial charge >= 0.3 is 0 Å². The van der Waals surface area contributed by atoms with Gasteiger partial charge in [-0.1, -0.05) is 0 Å². The molecule has 0 aromatic heterocycles. The number of benzene rings is 1. The van der Waals surface area contributed by atoms with Crippen LogP contribution in [0.4, 0.5) is 14.5 Å². The van der Waals surface area contributed by atoms with Crippen LogP contribution in [0.15, 0.2) is 12.1 Å². The average molecular weight is 286 g/mol. The number of carbonyl (C=O) groups is 1. The highest BCUT2D eigenvalue weighted by molar-refractivity contribution is 5.94. The summed E-state index contributed by atoms with van der Waals surface area (Å²) in [5.41, 5.74) is -0.265. The molecule has 0 atom stereocenters. The molecule has 0 aliphatic rings. The largest absolute Gasteiger partial charge is 0.381 e. The summed E-state index contributed by atoms with van der Waals surface area (Å²) in [7, 11) is 0. The molecule has 0 heterocycles. The standard InChI is InChI=1S/C14H20F2N2O2/c1-4-17-13-11(15)7-10(8-12(13)16)14(19)18-5-6-20-9(2)3/h7-9,17H,4-6H2,1-3H3,(H,18,19). The molecular formula is C14H20F2N2O2. The van der Waals surface area contributed by atoms with Crippen molar-refractivity contribution in [3.05, 3.63) is 29.3 Å². The smallest absolute Gasteiger partial charge is 0.251 e. The van der Waals surface area contributed by atoms with E-state index in [0.717, 1.165) is 12.1 Å². The zero-order valence-electron chi connectivity index (χ0n) is 11.9. The van der Waals surface area contributed by atoms with Crippen LogP contribution in [0.1, 0.15) is 31.1 Å². The highest BCUT2D eigenvalue weighted by Gasteiger charge is 2.14. The zero-order valence-corrected chi connectivity index (χ0v) is 11.9. The van der Waals surface area contributed by atoms with E-state index in [1.165, 1.54) is 0 Å². The molecule has 0 spiro atoms. The fraction of sp³-hybridized carbons (Fsp3) is 0.500. The van der Waals surface area contributed by atoms with E-state index in [1.54, 1.807) is 6.92 Å². The molecule has 20 heavy (non-hydrogen) atoms. The summed E-state index contributed by atoms with van der Waals surface area (Å²) in [5.74, 6) is -2.09. The van der Waals surface area contributed by atoms with Crippen molar-refractivity contribution in [1.82, 2.24) is 5.32 Å². The minimum absolute atomic E-state index is 0.0498. The maximum Gasteiger partial charge on any atom is 0.251 e. The highest BCUT2D eigenvalue weighted by atomic mass is 19.1. The molecule has 0 radical (unpaired) electrons. The molecule has 4 nitrogen and oxygen atoms in total. The molecule has 1 aromatic carbocycles. The summed E-state index contributed by atoms with van der Waals surface area (Å²) in [5, 5.41) is 5.12. The van der Waals surface area contributed by atoms with Gasteiger partial charge in [-0.25, -0.2) is 8.78 Å². The van der Waals surface area contributed by atoms with Crippen LogP contribution in [0.3, 0.4) is 0 Å². The molecular weight excluding hydrogens is 266 g/mol. The molecule has 0 bridgehead atoms. The molecule has 1 amide bonds. The van der Waals surface area contributed by atoms with Gasteiger partial charge in [-0.15, -0.1) is 0 Å². The third-order valence-electron chi connectivity index (χ3n) is 2.50. The van der Waals surface area contributed by atoms with Crippen molar-refractivity contribution in [2.24, 2.45) is 0 Å².